The van der Waals surface area contributed by atoms with Crippen LogP contribution in [0.2, 0.25) is 0 Å². The Morgan fingerprint density at radius 3 is 1.73 bits per heavy atom. The van der Waals surface area contributed by atoms with Gasteiger partial charge in [-0.05, 0) is 57.8 Å². The molecule has 8 heteroatoms. The first kappa shape index (κ1) is 45.6. The van der Waals surface area contributed by atoms with Gasteiger partial charge in [-0.25, -0.2) is 4.79 Å². The van der Waals surface area contributed by atoms with Crippen LogP contribution in [0.1, 0.15) is 149 Å². The molecule has 1 N–H and O–H groups in total. The summed E-state index contributed by atoms with van der Waals surface area (Å²) in [5, 5.41) is 9.57. The number of carbonyl (C=O) groups excluding carboxylic acids is 2. The lowest BCUT2D eigenvalue weighted by Crippen LogP contribution is -2.50. The number of carbonyl (C=O) groups is 3. The molecule has 0 aliphatic heterocycles. The van der Waals surface area contributed by atoms with Gasteiger partial charge in [0.1, 0.15) is 6.61 Å². The summed E-state index contributed by atoms with van der Waals surface area (Å²) >= 11 is 0. The Balaban J connectivity index is 4.44. The zero-order valence-corrected chi connectivity index (χ0v) is 31.4. The molecule has 0 heterocycles. The third-order valence-electron chi connectivity index (χ3n) is 8.27. The van der Waals surface area contributed by atoms with Crippen LogP contribution in [0.3, 0.4) is 0 Å². The molecule has 0 saturated carbocycles. The Morgan fingerprint density at radius 1 is 0.646 bits per heavy atom. The van der Waals surface area contributed by atoms with Crippen molar-refractivity contribution < 1.29 is 38.2 Å². The van der Waals surface area contributed by atoms with Gasteiger partial charge in [0.25, 0.3) is 0 Å². The van der Waals surface area contributed by atoms with Crippen LogP contribution in [0.25, 0.3) is 0 Å². The molecule has 0 aromatic heterocycles. The lowest BCUT2D eigenvalue weighted by molar-refractivity contribution is -0.887. The Labute approximate surface area is 293 Å². The first-order valence-electron chi connectivity index (χ1n) is 19.0. The Morgan fingerprint density at radius 2 is 1.17 bits per heavy atom. The molecule has 0 aromatic carbocycles. The number of likely N-dealkylation sites (N-methyl/N-ethyl adjacent to an activating group) is 1. The van der Waals surface area contributed by atoms with Gasteiger partial charge in [0, 0.05) is 19.3 Å². The Kier molecular flexibility index (Phi) is 30.2. The minimum Gasteiger partial charge on any atom is -0.477 e. The molecule has 0 aliphatic carbocycles. The summed E-state index contributed by atoms with van der Waals surface area (Å²) in [5.74, 6) is -1.50. The van der Waals surface area contributed by atoms with Crippen LogP contribution in [0, 0.1) is 0 Å². The highest BCUT2D eigenvalue weighted by molar-refractivity contribution is 5.72. The second kappa shape index (κ2) is 31.8. The second-order valence-electron chi connectivity index (χ2n) is 13.8. The van der Waals surface area contributed by atoms with Crippen molar-refractivity contribution in [3.8, 4) is 0 Å². The van der Waals surface area contributed by atoms with Crippen LogP contribution in [-0.2, 0) is 28.6 Å². The van der Waals surface area contributed by atoms with Crippen molar-refractivity contribution in [1.82, 2.24) is 0 Å². The summed E-state index contributed by atoms with van der Waals surface area (Å²) in [4.78, 5) is 36.7. The summed E-state index contributed by atoms with van der Waals surface area (Å²) in [7, 11) is 5.50. The van der Waals surface area contributed by atoms with Crippen molar-refractivity contribution in [2.45, 2.75) is 161 Å². The van der Waals surface area contributed by atoms with Crippen LogP contribution < -0.4 is 0 Å². The van der Waals surface area contributed by atoms with Crippen molar-refractivity contribution in [1.29, 1.82) is 0 Å². The van der Waals surface area contributed by atoms with E-state index in [-0.39, 0.29) is 36.2 Å². The molecule has 0 radical (unpaired) electrons. The normalized spacial score (nSPS) is 13.4. The standard InChI is InChI=1S/C40H71NO7/c1-6-8-10-12-14-16-18-19-20-21-23-25-27-29-31-39(43)48-36(34-46-33-32-37(40(44)45)41(3,4)5)35-47-38(42)30-28-26-24-22-17-15-13-11-9-7-2/h8,10,13-16,36-37H,6-7,9,11-12,17-35H2,1-5H3/p+1/b10-8+,15-13+,16-14+. The number of esters is 2. The van der Waals surface area contributed by atoms with Gasteiger partial charge in [-0.2, -0.15) is 0 Å². The topological polar surface area (TPSA) is 99.1 Å². The third kappa shape index (κ3) is 29.7. The first-order valence-corrected chi connectivity index (χ1v) is 19.0. The second-order valence-corrected chi connectivity index (χ2v) is 13.8. The molecule has 0 aromatic rings. The van der Waals surface area contributed by atoms with Crippen molar-refractivity contribution >= 4 is 17.9 Å². The maximum Gasteiger partial charge on any atom is 0.362 e. The highest BCUT2D eigenvalue weighted by Gasteiger charge is 2.31. The predicted octanol–water partition coefficient (Wildman–Crippen LogP) is 9.52. The molecule has 278 valence electrons. The Hall–Kier alpha value is -2.45. The quantitative estimate of drug-likeness (QED) is 0.0319. The van der Waals surface area contributed by atoms with Crippen molar-refractivity contribution in [2.75, 3.05) is 41.0 Å². The van der Waals surface area contributed by atoms with Gasteiger partial charge in [-0.1, -0.05) is 108 Å². The summed E-state index contributed by atoms with van der Waals surface area (Å²) in [6, 6.07) is -0.615. The minimum atomic E-state index is -0.880. The molecule has 0 aliphatic rings. The van der Waals surface area contributed by atoms with Crippen molar-refractivity contribution in [3.05, 3.63) is 36.5 Å². The molecule has 0 fully saturated rings. The molecule has 0 spiro atoms. The first-order chi connectivity index (χ1) is 23.1. The molecule has 0 amide bonds. The van der Waals surface area contributed by atoms with E-state index in [1.54, 1.807) is 0 Å². The smallest absolute Gasteiger partial charge is 0.362 e. The number of hydrogen-bond donors (Lipinski definition) is 1. The van der Waals surface area contributed by atoms with Gasteiger partial charge in [0.05, 0.1) is 34.4 Å². The number of allylic oxidation sites excluding steroid dienone is 6. The van der Waals surface area contributed by atoms with E-state index >= 15 is 0 Å². The van der Waals surface area contributed by atoms with E-state index in [4.69, 9.17) is 14.2 Å². The average molecular weight is 679 g/mol. The van der Waals surface area contributed by atoms with Crippen LogP contribution in [0.15, 0.2) is 36.5 Å². The number of carboxylic acid groups (broad SMARTS) is 1. The van der Waals surface area contributed by atoms with Crippen molar-refractivity contribution in [3.63, 3.8) is 0 Å². The molecular formula is C40H72NO7+. The summed E-state index contributed by atoms with van der Waals surface area (Å²) in [6.07, 6.45) is 33.3. The number of carboxylic acids is 1. The zero-order chi connectivity index (χ0) is 35.7. The molecular weight excluding hydrogens is 606 g/mol. The Bertz CT molecular complexity index is 891. The van der Waals surface area contributed by atoms with Crippen LogP contribution in [0.4, 0.5) is 0 Å². The van der Waals surface area contributed by atoms with E-state index in [1.807, 2.05) is 21.1 Å². The fourth-order valence-corrected chi connectivity index (χ4v) is 5.28. The summed E-state index contributed by atoms with van der Waals surface area (Å²) in [5.41, 5.74) is 0. The van der Waals surface area contributed by atoms with E-state index in [2.05, 4.69) is 50.3 Å². The molecule has 48 heavy (non-hydrogen) atoms. The molecule has 2 unspecified atom stereocenters. The van der Waals surface area contributed by atoms with Gasteiger partial charge in [-0.15, -0.1) is 0 Å². The predicted molar refractivity (Wildman–Crippen MR) is 197 cm³/mol. The van der Waals surface area contributed by atoms with E-state index in [9.17, 15) is 19.5 Å². The zero-order valence-electron chi connectivity index (χ0n) is 31.4. The number of ether oxygens (including phenoxy) is 3. The molecule has 2 atom stereocenters. The van der Waals surface area contributed by atoms with Crippen molar-refractivity contribution in [2.24, 2.45) is 0 Å². The molecule has 0 rings (SSSR count). The lowest BCUT2D eigenvalue weighted by atomic mass is 10.1. The fraction of sp³-hybridized carbons (Fsp3) is 0.775. The van der Waals surface area contributed by atoms with E-state index < -0.39 is 18.1 Å². The van der Waals surface area contributed by atoms with E-state index in [0.29, 0.717) is 19.3 Å². The van der Waals surface area contributed by atoms with E-state index in [1.165, 1.54) is 38.5 Å². The van der Waals surface area contributed by atoms with Gasteiger partial charge < -0.3 is 23.8 Å². The number of hydrogen-bond acceptors (Lipinski definition) is 6. The number of rotatable bonds is 33. The van der Waals surface area contributed by atoms with Crippen LogP contribution >= 0.6 is 0 Å². The fourth-order valence-electron chi connectivity index (χ4n) is 5.28. The molecule has 0 bridgehead atoms. The lowest BCUT2D eigenvalue weighted by Gasteiger charge is -2.31. The molecule has 8 nitrogen and oxygen atoms in total. The average Bonchev–Trinajstić information content (AvgIpc) is 3.03. The van der Waals surface area contributed by atoms with Crippen LogP contribution in [0.5, 0.6) is 0 Å². The third-order valence-corrected chi connectivity index (χ3v) is 8.27. The van der Waals surface area contributed by atoms with Gasteiger partial charge in [0.15, 0.2) is 12.1 Å². The highest BCUT2D eigenvalue weighted by atomic mass is 16.6. The van der Waals surface area contributed by atoms with Gasteiger partial charge in [-0.3, -0.25) is 9.59 Å². The van der Waals surface area contributed by atoms with Gasteiger partial charge in [0.2, 0.25) is 0 Å². The minimum absolute atomic E-state index is 0.0545. The van der Waals surface area contributed by atoms with Crippen LogP contribution in [-0.4, -0.2) is 80.6 Å². The SMILES string of the molecule is CC/C=C/C/C=C/CCCCCCCCCC(=O)OC(COCCC(C(=O)O)[N+](C)(C)C)COC(=O)CCCCCC/C=C/CCCC. The summed E-state index contributed by atoms with van der Waals surface area (Å²) in [6.45, 7) is 4.55. The van der Waals surface area contributed by atoms with E-state index in [0.717, 1.165) is 77.0 Å². The number of unbranched alkanes of at least 4 members (excludes halogenated alkanes) is 13. The number of aliphatic carboxylic acids is 1. The maximum atomic E-state index is 12.6. The monoisotopic (exact) mass is 679 g/mol. The highest BCUT2D eigenvalue weighted by Crippen LogP contribution is 2.13. The number of nitrogens with zero attached hydrogens (tertiary/aromatic N) is 1. The summed E-state index contributed by atoms with van der Waals surface area (Å²) < 4.78 is 17.2. The maximum absolute atomic E-state index is 12.6. The largest absolute Gasteiger partial charge is 0.477 e. The number of quaternary nitrogens is 1. The van der Waals surface area contributed by atoms with Gasteiger partial charge >= 0.3 is 17.9 Å². The molecule has 0 saturated heterocycles.